The molecule has 0 saturated carbocycles. The van der Waals surface area contributed by atoms with Gasteiger partial charge in [-0.25, -0.2) is 0 Å². The molecule has 1 heterocycles. The maximum atomic E-state index is 5.65. The van der Waals surface area contributed by atoms with E-state index in [0.717, 1.165) is 24.7 Å². The van der Waals surface area contributed by atoms with Gasteiger partial charge in [0.05, 0.1) is 18.4 Å². The molecule has 0 radical (unpaired) electrons. The van der Waals surface area contributed by atoms with Gasteiger partial charge in [-0.05, 0) is 30.9 Å². The molecule has 7 heteroatoms. The van der Waals surface area contributed by atoms with Crippen molar-refractivity contribution in [2.75, 3.05) is 14.1 Å². The number of aryl methyl sites for hydroxylation is 1. The van der Waals surface area contributed by atoms with Crippen molar-refractivity contribution >= 4 is 29.9 Å². The molecule has 0 amide bonds. The summed E-state index contributed by atoms with van der Waals surface area (Å²) in [4.78, 5) is 6.56. The Bertz CT molecular complexity index is 768. The van der Waals surface area contributed by atoms with Gasteiger partial charge in [-0.3, -0.25) is 9.67 Å². The lowest BCUT2D eigenvalue weighted by molar-refractivity contribution is 0.0657. The zero-order chi connectivity index (χ0) is 20.7. The lowest BCUT2D eigenvalue weighted by Crippen LogP contribution is -2.38. The summed E-state index contributed by atoms with van der Waals surface area (Å²) in [5.74, 6) is 1.27. The molecule has 29 heavy (non-hydrogen) atoms. The Labute approximate surface area is 192 Å². The third-order valence-corrected chi connectivity index (χ3v) is 4.52. The molecule has 0 unspecified atom stereocenters. The maximum Gasteiger partial charge on any atom is 0.193 e. The van der Waals surface area contributed by atoms with Crippen molar-refractivity contribution < 1.29 is 4.74 Å². The molecule has 0 bridgehead atoms. The zero-order valence-electron chi connectivity index (χ0n) is 18.8. The second-order valence-corrected chi connectivity index (χ2v) is 7.80. The second kappa shape index (κ2) is 12.2. The molecule has 0 atom stereocenters. The molecule has 0 saturated heterocycles. The van der Waals surface area contributed by atoms with Crippen LogP contribution < -0.4 is 5.32 Å². The van der Waals surface area contributed by atoms with Crippen molar-refractivity contribution in [3.05, 3.63) is 52.8 Å². The molecule has 6 nitrogen and oxygen atoms in total. The van der Waals surface area contributed by atoms with Crippen molar-refractivity contribution in [3.8, 4) is 0 Å². The fourth-order valence-electron chi connectivity index (χ4n) is 3.08. The summed E-state index contributed by atoms with van der Waals surface area (Å²) in [6.45, 7) is 10.6. The van der Waals surface area contributed by atoms with Gasteiger partial charge in [0.2, 0.25) is 0 Å². The summed E-state index contributed by atoms with van der Waals surface area (Å²) in [7, 11) is 5.84. The highest BCUT2D eigenvalue weighted by molar-refractivity contribution is 14.0. The first-order chi connectivity index (χ1) is 13.3. The minimum atomic E-state index is 0. The quantitative estimate of drug-likeness (QED) is 0.325. The molecule has 1 aromatic carbocycles. The van der Waals surface area contributed by atoms with Gasteiger partial charge in [-0.2, -0.15) is 5.10 Å². The van der Waals surface area contributed by atoms with Crippen LogP contribution in [0.15, 0.2) is 35.5 Å². The highest BCUT2D eigenvalue weighted by Gasteiger charge is 2.15. The molecule has 1 N–H and O–H groups in total. The summed E-state index contributed by atoms with van der Waals surface area (Å²) >= 11 is 0. The largest absolute Gasteiger partial charge is 0.374 e. The molecule has 0 fully saturated rings. The van der Waals surface area contributed by atoms with Crippen LogP contribution in [0.2, 0.25) is 0 Å². The minimum absolute atomic E-state index is 0. The van der Waals surface area contributed by atoms with Crippen molar-refractivity contribution in [1.82, 2.24) is 20.0 Å². The van der Waals surface area contributed by atoms with E-state index in [2.05, 4.69) is 85.5 Å². The number of benzene rings is 1. The average molecular weight is 513 g/mol. The lowest BCUT2D eigenvalue weighted by Gasteiger charge is -2.22. The van der Waals surface area contributed by atoms with Crippen LogP contribution in [0.25, 0.3) is 0 Å². The molecule has 0 aliphatic rings. The monoisotopic (exact) mass is 513 g/mol. The van der Waals surface area contributed by atoms with E-state index >= 15 is 0 Å². The fraction of sp³-hybridized carbons (Fsp3) is 0.545. The normalized spacial score (nSPS) is 11.7. The van der Waals surface area contributed by atoms with Crippen LogP contribution in [0.4, 0.5) is 0 Å². The number of aliphatic imine (C=N–C) groups is 1. The third-order valence-electron chi connectivity index (χ3n) is 4.52. The lowest BCUT2D eigenvalue weighted by atomic mass is 10.1. The Kier molecular flexibility index (Phi) is 10.7. The standard InChI is InChI=1S/C22H35N5O.HI/c1-16(2)21-20(14-27(7)25-21)13-26(6)22(23-5)24-12-18-8-10-19(11-9-18)15-28-17(3)4;/h8-11,14,16-17H,12-13,15H2,1-7H3,(H,23,24);1H. The minimum Gasteiger partial charge on any atom is -0.374 e. The maximum absolute atomic E-state index is 5.65. The van der Waals surface area contributed by atoms with E-state index in [1.54, 1.807) is 0 Å². The first-order valence-corrected chi connectivity index (χ1v) is 9.93. The molecular formula is C22H36IN5O. The Hall–Kier alpha value is -1.61. The smallest absolute Gasteiger partial charge is 0.193 e. The molecule has 2 rings (SSSR count). The molecule has 1 aromatic heterocycles. The molecule has 0 aliphatic heterocycles. The second-order valence-electron chi connectivity index (χ2n) is 7.80. The SMILES string of the molecule is CN=C(NCc1ccc(COC(C)C)cc1)N(C)Cc1cn(C)nc1C(C)C.I. The number of nitrogens with zero attached hydrogens (tertiary/aromatic N) is 4. The first kappa shape index (κ1) is 25.4. The number of nitrogens with one attached hydrogen (secondary N) is 1. The predicted octanol–water partition coefficient (Wildman–Crippen LogP) is 4.29. The number of hydrogen-bond acceptors (Lipinski definition) is 3. The van der Waals surface area contributed by atoms with Crippen LogP contribution in [0.3, 0.4) is 0 Å². The average Bonchev–Trinajstić information content (AvgIpc) is 3.02. The van der Waals surface area contributed by atoms with Gasteiger partial charge in [0, 0.05) is 46.0 Å². The molecular weight excluding hydrogens is 477 g/mol. The van der Waals surface area contributed by atoms with Crippen LogP contribution in [0.5, 0.6) is 0 Å². The summed E-state index contributed by atoms with van der Waals surface area (Å²) in [5.41, 5.74) is 4.78. The number of hydrogen-bond donors (Lipinski definition) is 1. The molecule has 0 spiro atoms. The van der Waals surface area contributed by atoms with E-state index < -0.39 is 0 Å². The first-order valence-electron chi connectivity index (χ1n) is 9.93. The van der Waals surface area contributed by atoms with Gasteiger partial charge in [-0.15, -0.1) is 24.0 Å². The number of guanidine groups is 1. The van der Waals surface area contributed by atoms with E-state index in [0.29, 0.717) is 12.5 Å². The van der Waals surface area contributed by atoms with E-state index in [9.17, 15) is 0 Å². The van der Waals surface area contributed by atoms with E-state index in [4.69, 9.17) is 4.74 Å². The summed E-state index contributed by atoms with van der Waals surface area (Å²) in [5, 5.41) is 8.04. The fourth-order valence-corrected chi connectivity index (χ4v) is 3.08. The number of ether oxygens (including phenoxy) is 1. The summed E-state index contributed by atoms with van der Waals surface area (Å²) in [6.07, 6.45) is 2.34. The van der Waals surface area contributed by atoms with Gasteiger partial charge < -0.3 is 15.0 Å². The summed E-state index contributed by atoms with van der Waals surface area (Å²) in [6, 6.07) is 8.52. The molecule has 162 valence electrons. The van der Waals surface area contributed by atoms with E-state index in [1.807, 2.05) is 18.8 Å². The van der Waals surface area contributed by atoms with Crippen molar-refractivity contribution in [1.29, 1.82) is 0 Å². The van der Waals surface area contributed by atoms with Crippen LogP contribution in [-0.4, -0.2) is 40.8 Å². The van der Waals surface area contributed by atoms with E-state index in [-0.39, 0.29) is 30.1 Å². The van der Waals surface area contributed by atoms with E-state index in [1.165, 1.54) is 16.7 Å². The van der Waals surface area contributed by atoms with Gasteiger partial charge in [0.25, 0.3) is 0 Å². The van der Waals surface area contributed by atoms with Crippen molar-refractivity contribution in [2.45, 2.75) is 59.4 Å². The predicted molar refractivity (Wildman–Crippen MR) is 131 cm³/mol. The Balaban J connectivity index is 0.00000420. The number of halogens is 1. The topological polar surface area (TPSA) is 54.7 Å². The van der Waals surface area contributed by atoms with Crippen LogP contribution in [-0.2, 0) is 31.5 Å². The van der Waals surface area contributed by atoms with Gasteiger partial charge in [0.1, 0.15) is 0 Å². The van der Waals surface area contributed by atoms with Gasteiger partial charge in [-0.1, -0.05) is 38.1 Å². The van der Waals surface area contributed by atoms with Crippen molar-refractivity contribution in [2.24, 2.45) is 12.0 Å². The summed E-state index contributed by atoms with van der Waals surface area (Å²) < 4.78 is 7.54. The zero-order valence-corrected chi connectivity index (χ0v) is 21.1. The Morgan fingerprint density at radius 1 is 1.17 bits per heavy atom. The Morgan fingerprint density at radius 3 is 2.34 bits per heavy atom. The number of rotatable bonds is 8. The number of aromatic nitrogens is 2. The van der Waals surface area contributed by atoms with Crippen LogP contribution >= 0.6 is 24.0 Å². The van der Waals surface area contributed by atoms with Crippen LogP contribution in [0, 0.1) is 0 Å². The molecule has 0 aliphatic carbocycles. The third kappa shape index (κ3) is 7.97. The van der Waals surface area contributed by atoms with Crippen molar-refractivity contribution in [3.63, 3.8) is 0 Å². The van der Waals surface area contributed by atoms with Crippen LogP contribution in [0.1, 0.15) is 56.0 Å². The highest BCUT2D eigenvalue weighted by Crippen LogP contribution is 2.18. The Morgan fingerprint density at radius 2 is 1.79 bits per heavy atom. The van der Waals surface area contributed by atoms with Gasteiger partial charge in [0.15, 0.2) is 5.96 Å². The highest BCUT2D eigenvalue weighted by atomic mass is 127. The van der Waals surface area contributed by atoms with Gasteiger partial charge >= 0.3 is 0 Å². The molecule has 2 aromatic rings.